The van der Waals surface area contributed by atoms with Gasteiger partial charge in [0.05, 0.1) is 12.0 Å². The molecule has 2 unspecified atom stereocenters. The summed E-state index contributed by atoms with van der Waals surface area (Å²) in [4.78, 5) is 14.5. The first-order valence-corrected chi connectivity index (χ1v) is 4.34. The average molecular weight is 181 g/mol. The molecule has 0 spiro atoms. The number of nitrogens with zero attached hydrogens (tertiary/aromatic N) is 3. The van der Waals surface area contributed by atoms with Gasteiger partial charge >= 0.3 is 5.97 Å². The Kier molecular flexibility index (Phi) is 2.00. The van der Waals surface area contributed by atoms with E-state index in [1.807, 2.05) is 0 Å². The molecular weight excluding hydrogens is 170 g/mol. The molecule has 5 heteroatoms. The molecule has 1 fully saturated rings. The van der Waals surface area contributed by atoms with Crippen LogP contribution in [0.25, 0.3) is 0 Å². The number of aromatic nitrogens is 3. The van der Waals surface area contributed by atoms with Gasteiger partial charge in [-0.3, -0.25) is 4.79 Å². The SMILES string of the molecule is O=C(O)C1CCC(n2cncn2)C1. The molecule has 1 N–H and O–H groups in total. The minimum atomic E-state index is -0.692. The lowest BCUT2D eigenvalue weighted by Crippen LogP contribution is -2.11. The van der Waals surface area contributed by atoms with Gasteiger partial charge in [-0.2, -0.15) is 5.10 Å². The molecule has 5 nitrogen and oxygen atoms in total. The molecular formula is C8H11N3O2. The van der Waals surface area contributed by atoms with Gasteiger partial charge in [-0.05, 0) is 19.3 Å². The van der Waals surface area contributed by atoms with E-state index in [0.29, 0.717) is 6.42 Å². The zero-order chi connectivity index (χ0) is 9.26. The summed E-state index contributed by atoms with van der Waals surface area (Å²) < 4.78 is 1.75. The van der Waals surface area contributed by atoms with Crippen LogP contribution in [-0.4, -0.2) is 25.8 Å². The highest BCUT2D eigenvalue weighted by atomic mass is 16.4. The molecule has 1 heterocycles. The molecule has 1 aliphatic carbocycles. The Bertz CT molecular complexity index is 296. The second kappa shape index (κ2) is 3.16. The van der Waals surface area contributed by atoms with E-state index in [1.54, 1.807) is 11.0 Å². The number of rotatable bonds is 2. The lowest BCUT2D eigenvalue weighted by Gasteiger charge is -2.08. The van der Waals surface area contributed by atoms with Gasteiger partial charge in [0.1, 0.15) is 12.7 Å². The minimum Gasteiger partial charge on any atom is -0.481 e. The fourth-order valence-corrected chi connectivity index (χ4v) is 1.83. The Morgan fingerprint density at radius 3 is 2.92 bits per heavy atom. The van der Waals surface area contributed by atoms with E-state index in [0.717, 1.165) is 12.8 Å². The third kappa shape index (κ3) is 1.54. The van der Waals surface area contributed by atoms with Crippen molar-refractivity contribution in [1.29, 1.82) is 0 Å². The monoisotopic (exact) mass is 181 g/mol. The maximum Gasteiger partial charge on any atom is 0.306 e. The Morgan fingerprint density at radius 2 is 2.38 bits per heavy atom. The summed E-state index contributed by atoms with van der Waals surface area (Å²) in [6.07, 6.45) is 5.45. The van der Waals surface area contributed by atoms with Gasteiger partial charge in [-0.25, -0.2) is 9.67 Å². The van der Waals surface area contributed by atoms with Crippen LogP contribution in [0.2, 0.25) is 0 Å². The molecule has 2 rings (SSSR count). The van der Waals surface area contributed by atoms with E-state index in [-0.39, 0.29) is 12.0 Å². The zero-order valence-electron chi connectivity index (χ0n) is 7.13. The first kappa shape index (κ1) is 8.22. The summed E-state index contributed by atoms with van der Waals surface area (Å²) in [6, 6.07) is 0.226. The first-order chi connectivity index (χ1) is 6.27. The maximum absolute atomic E-state index is 10.7. The van der Waals surface area contributed by atoms with Crippen LogP contribution in [0.15, 0.2) is 12.7 Å². The first-order valence-electron chi connectivity index (χ1n) is 4.34. The summed E-state index contributed by atoms with van der Waals surface area (Å²) in [6.45, 7) is 0. The van der Waals surface area contributed by atoms with E-state index in [9.17, 15) is 4.79 Å². The molecule has 1 saturated carbocycles. The highest BCUT2D eigenvalue weighted by Gasteiger charge is 2.30. The Balaban J connectivity index is 2.03. The summed E-state index contributed by atoms with van der Waals surface area (Å²) in [5.41, 5.74) is 0. The number of hydrogen-bond donors (Lipinski definition) is 1. The zero-order valence-corrected chi connectivity index (χ0v) is 7.13. The largest absolute Gasteiger partial charge is 0.481 e. The van der Waals surface area contributed by atoms with Gasteiger partial charge in [-0.1, -0.05) is 0 Å². The fourth-order valence-electron chi connectivity index (χ4n) is 1.83. The van der Waals surface area contributed by atoms with Gasteiger partial charge in [0.25, 0.3) is 0 Å². The van der Waals surface area contributed by atoms with Crippen molar-refractivity contribution in [3.8, 4) is 0 Å². The third-order valence-electron chi connectivity index (χ3n) is 2.56. The Labute approximate surface area is 75.4 Å². The predicted molar refractivity (Wildman–Crippen MR) is 44.0 cm³/mol. The molecule has 0 aliphatic heterocycles. The molecule has 1 aliphatic rings. The lowest BCUT2D eigenvalue weighted by atomic mass is 10.1. The molecule has 70 valence electrons. The molecule has 0 amide bonds. The van der Waals surface area contributed by atoms with Crippen LogP contribution in [0.1, 0.15) is 25.3 Å². The standard InChI is InChI=1S/C8H11N3O2/c12-8(13)6-1-2-7(3-6)11-5-9-4-10-11/h4-7H,1-3H2,(H,12,13). The molecule has 0 saturated heterocycles. The second-order valence-electron chi connectivity index (χ2n) is 3.38. The summed E-state index contributed by atoms with van der Waals surface area (Å²) in [7, 11) is 0. The van der Waals surface area contributed by atoms with Crippen LogP contribution in [0.3, 0.4) is 0 Å². The van der Waals surface area contributed by atoms with Crippen LogP contribution in [0.5, 0.6) is 0 Å². The molecule has 0 radical (unpaired) electrons. The van der Waals surface area contributed by atoms with Crippen LogP contribution in [-0.2, 0) is 4.79 Å². The van der Waals surface area contributed by atoms with Crippen LogP contribution in [0.4, 0.5) is 0 Å². The quantitative estimate of drug-likeness (QED) is 0.729. The topological polar surface area (TPSA) is 68.0 Å². The molecule has 2 atom stereocenters. The van der Waals surface area contributed by atoms with E-state index >= 15 is 0 Å². The third-order valence-corrected chi connectivity index (χ3v) is 2.56. The molecule has 0 bridgehead atoms. The average Bonchev–Trinajstić information content (AvgIpc) is 2.75. The van der Waals surface area contributed by atoms with Crippen LogP contribution < -0.4 is 0 Å². The maximum atomic E-state index is 10.7. The van der Waals surface area contributed by atoms with Crippen molar-refractivity contribution in [3.05, 3.63) is 12.7 Å². The van der Waals surface area contributed by atoms with E-state index in [1.165, 1.54) is 6.33 Å². The van der Waals surface area contributed by atoms with Crippen molar-refractivity contribution in [2.45, 2.75) is 25.3 Å². The number of carbonyl (C=O) groups is 1. The van der Waals surface area contributed by atoms with E-state index < -0.39 is 5.97 Å². The second-order valence-corrected chi connectivity index (χ2v) is 3.38. The van der Waals surface area contributed by atoms with Crippen molar-refractivity contribution in [2.24, 2.45) is 5.92 Å². The lowest BCUT2D eigenvalue weighted by molar-refractivity contribution is -0.141. The number of carboxylic acids is 1. The predicted octanol–water partition coefficient (Wildman–Crippen LogP) is 0.704. The normalized spacial score (nSPS) is 27.7. The van der Waals surface area contributed by atoms with Crippen LogP contribution >= 0.6 is 0 Å². The van der Waals surface area contributed by atoms with Gasteiger partial charge in [0, 0.05) is 0 Å². The van der Waals surface area contributed by atoms with Crippen molar-refractivity contribution in [1.82, 2.24) is 14.8 Å². The summed E-state index contributed by atoms with van der Waals surface area (Å²) in [5, 5.41) is 12.8. The van der Waals surface area contributed by atoms with E-state index in [4.69, 9.17) is 5.11 Å². The van der Waals surface area contributed by atoms with Crippen LogP contribution in [0, 0.1) is 5.92 Å². The minimum absolute atomic E-state index is 0.200. The smallest absolute Gasteiger partial charge is 0.306 e. The molecule has 1 aromatic heterocycles. The van der Waals surface area contributed by atoms with Crippen molar-refractivity contribution in [3.63, 3.8) is 0 Å². The number of carboxylic acid groups (broad SMARTS) is 1. The molecule has 0 aromatic carbocycles. The van der Waals surface area contributed by atoms with E-state index in [2.05, 4.69) is 10.1 Å². The van der Waals surface area contributed by atoms with Crippen molar-refractivity contribution >= 4 is 5.97 Å². The Hall–Kier alpha value is -1.39. The molecule has 13 heavy (non-hydrogen) atoms. The van der Waals surface area contributed by atoms with Crippen molar-refractivity contribution < 1.29 is 9.90 Å². The summed E-state index contributed by atoms with van der Waals surface area (Å²) in [5.74, 6) is -0.892. The molecule has 1 aromatic rings. The van der Waals surface area contributed by atoms with Gasteiger partial charge in [0.2, 0.25) is 0 Å². The number of aliphatic carboxylic acids is 1. The summed E-state index contributed by atoms with van der Waals surface area (Å²) >= 11 is 0. The van der Waals surface area contributed by atoms with Gasteiger partial charge < -0.3 is 5.11 Å². The fraction of sp³-hybridized carbons (Fsp3) is 0.625. The van der Waals surface area contributed by atoms with Crippen molar-refractivity contribution in [2.75, 3.05) is 0 Å². The Morgan fingerprint density at radius 1 is 1.54 bits per heavy atom. The highest BCUT2D eigenvalue weighted by molar-refractivity contribution is 5.70. The highest BCUT2D eigenvalue weighted by Crippen LogP contribution is 2.33. The van der Waals surface area contributed by atoms with Gasteiger partial charge in [0.15, 0.2) is 0 Å². The number of hydrogen-bond acceptors (Lipinski definition) is 3. The van der Waals surface area contributed by atoms with Gasteiger partial charge in [-0.15, -0.1) is 0 Å².